The molecule has 3 rings (SSSR count). The van der Waals surface area contributed by atoms with Crippen molar-refractivity contribution in [1.29, 1.82) is 0 Å². The van der Waals surface area contributed by atoms with Crippen molar-refractivity contribution in [3.63, 3.8) is 0 Å². The summed E-state index contributed by atoms with van der Waals surface area (Å²) in [5.41, 5.74) is -2.35. The third-order valence-corrected chi connectivity index (χ3v) is 3.22. The number of rotatable bonds is 3. The molecule has 0 saturated heterocycles. The van der Waals surface area contributed by atoms with Gasteiger partial charge in [-0.1, -0.05) is 0 Å². The molecule has 1 N–H and O–H groups in total. The van der Waals surface area contributed by atoms with E-state index in [-0.39, 0.29) is 28.1 Å². The van der Waals surface area contributed by atoms with E-state index in [9.17, 15) is 20.0 Å². The maximum Gasteiger partial charge on any atom is 0.419 e. The lowest BCUT2D eigenvalue weighted by molar-refractivity contribution is -0.388. The molecule has 0 atom stereocenters. The molecule has 22 heavy (non-hydrogen) atoms. The van der Waals surface area contributed by atoms with Crippen LogP contribution in [0, 0.1) is 10.1 Å². The van der Waals surface area contributed by atoms with Crippen LogP contribution in [-0.2, 0) is 0 Å². The summed E-state index contributed by atoms with van der Waals surface area (Å²) in [5, 5.41) is 21.4. The van der Waals surface area contributed by atoms with Gasteiger partial charge in [0.05, 0.1) is 30.8 Å². The highest BCUT2D eigenvalue weighted by Gasteiger charge is 2.31. The highest BCUT2D eigenvalue weighted by molar-refractivity contribution is 6.09. The molecule has 9 nitrogen and oxygen atoms in total. The fraction of sp³-hybridized carbons (Fsp3) is 0.154. The number of furan rings is 1. The van der Waals surface area contributed by atoms with Crippen molar-refractivity contribution in [1.82, 2.24) is 0 Å². The lowest BCUT2D eigenvalue weighted by Crippen LogP contribution is -2.08. The van der Waals surface area contributed by atoms with Crippen LogP contribution in [0.3, 0.4) is 0 Å². The predicted molar refractivity (Wildman–Crippen MR) is 73.7 cm³/mol. The molecule has 114 valence electrons. The first kappa shape index (κ1) is 13.7. The van der Waals surface area contributed by atoms with Gasteiger partial charge in [-0.15, -0.1) is 0 Å². The number of hydrogen-bond donors (Lipinski definition) is 1. The van der Waals surface area contributed by atoms with Crippen molar-refractivity contribution >= 4 is 27.6 Å². The summed E-state index contributed by atoms with van der Waals surface area (Å²) in [5.74, 6) is -0.753. The molecule has 0 fully saturated rings. The largest absolute Gasteiger partial charge is 0.501 e. The third-order valence-electron chi connectivity index (χ3n) is 3.22. The Morgan fingerprint density at radius 1 is 1.23 bits per heavy atom. The molecular weight excluding hydrogens is 298 g/mol. The van der Waals surface area contributed by atoms with Gasteiger partial charge in [0, 0.05) is 0 Å². The minimum Gasteiger partial charge on any atom is -0.501 e. The molecule has 3 aromatic rings. The molecule has 0 aliphatic rings. The maximum absolute atomic E-state index is 11.7. The van der Waals surface area contributed by atoms with Gasteiger partial charge in [-0.3, -0.25) is 10.1 Å². The molecule has 1 aromatic carbocycles. The number of methoxy groups -OCH3 is 2. The molecular formula is C13H9NO8. The van der Waals surface area contributed by atoms with Crippen LogP contribution in [0.1, 0.15) is 0 Å². The summed E-state index contributed by atoms with van der Waals surface area (Å²) >= 11 is 0. The van der Waals surface area contributed by atoms with Crippen molar-refractivity contribution in [2.24, 2.45) is 0 Å². The monoisotopic (exact) mass is 307 g/mol. The van der Waals surface area contributed by atoms with Gasteiger partial charge >= 0.3 is 11.3 Å². The minimum absolute atomic E-state index is 0.0260. The van der Waals surface area contributed by atoms with E-state index in [1.54, 1.807) is 0 Å². The van der Waals surface area contributed by atoms with E-state index in [2.05, 4.69) is 0 Å². The highest BCUT2D eigenvalue weighted by atomic mass is 16.6. The number of nitrogens with zero attached hydrogens (tertiary/aromatic N) is 1. The Morgan fingerprint density at radius 2 is 1.91 bits per heavy atom. The molecule has 0 aliphatic heterocycles. The van der Waals surface area contributed by atoms with Crippen molar-refractivity contribution in [3.05, 3.63) is 32.9 Å². The second-order valence-corrected chi connectivity index (χ2v) is 4.28. The number of nitro groups is 1. The SMILES string of the molecule is COc1c2occc2c(OC)c2c(O)c([N+](=O)[O-])c(=O)oc12. The molecule has 2 heterocycles. The predicted octanol–water partition coefficient (Wildman–Crippen LogP) is 2.17. The normalized spacial score (nSPS) is 11.0. The van der Waals surface area contributed by atoms with Crippen molar-refractivity contribution in [2.45, 2.75) is 0 Å². The molecule has 2 aromatic heterocycles. The van der Waals surface area contributed by atoms with Gasteiger partial charge in [0.1, 0.15) is 11.1 Å². The van der Waals surface area contributed by atoms with Crippen LogP contribution in [0.4, 0.5) is 5.69 Å². The summed E-state index contributed by atoms with van der Waals surface area (Å²) in [6.45, 7) is 0. The van der Waals surface area contributed by atoms with Gasteiger partial charge in [-0.2, -0.15) is 0 Å². The van der Waals surface area contributed by atoms with Crippen LogP contribution in [0.25, 0.3) is 21.9 Å². The number of hydrogen-bond acceptors (Lipinski definition) is 8. The lowest BCUT2D eigenvalue weighted by atomic mass is 10.1. The molecule has 0 aliphatic carbocycles. The minimum atomic E-state index is -1.30. The van der Waals surface area contributed by atoms with E-state index in [0.717, 1.165) is 0 Å². The first-order valence-electron chi connectivity index (χ1n) is 5.96. The van der Waals surface area contributed by atoms with Crippen LogP contribution in [0.15, 0.2) is 26.0 Å². The second-order valence-electron chi connectivity index (χ2n) is 4.28. The Hall–Kier alpha value is -3.23. The van der Waals surface area contributed by atoms with Crippen LogP contribution in [0.5, 0.6) is 17.2 Å². The van der Waals surface area contributed by atoms with Crippen molar-refractivity contribution < 1.29 is 28.3 Å². The number of aromatic hydroxyl groups is 1. The van der Waals surface area contributed by atoms with Gasteiger partial charge in [0.2, 0.25) is 11.5 Å². The number of benzene rings is 1. The average molecular weight is 307 g/mol. The van der Waals surface area contributed by atoms with Crippen LogP contribution < -0.4 is 15.1 Å². The standard InChI is InChI=1S/C13H9NO8/c1-19-9-5-3-4-21-10(5)12(20-2)11-6(9)8(15)7(14(17)18)13(16)22-11/h3-4,15H,1-2H3. The average Bonchev–Trinajstić information content (AvgIpc) is 2.93. The molecule has 0 bridgehead atoms. The summed E-state index contributed by atoms with van der Waals surface area (Å²) in [4.78, 5) is 21.7. The maximum atomic E-state index is 11.7. The second kappa shape index (κ2) is 4.65. The van der Waals surface area contributed by atoms with Gasteiger partial charge in [0.25, 0.3) is 0 Å². The molecule has 9 heteroatoms. The van der Waals surface area contributed by atoms with E-state index < -0.39 is 22.0 Å². The van der Waals surface area contributed by atoms with Crippen molar-refractivity contribution in [2.75, 3.05) is 14.2 Å². The molecule has 0 saturated carbocycles. The zero-order valence-corrected chi connectivity index (χ0v) is 11.4. The van der Waals surface area contributed by atoms with Crippen LogP contribution in [0.2, 0.25) is 0 Å². The smallest absolute Gasteiger partial charge is 0.419 e. The lowest BCUT2D eigenvalue weighted by Gasteiger charge is -2.11. The van der Waals surface area contributed by atoms with E-state index >= 15 is 0 Å². The Bertz CT molecular complexity index is 968. The Balaban J connectivity index is 2.68. The van der Waals surface area contributed by atoms with Crippen LogP contribution in [-0.4, -0.2) is 24.2 Å². The van der Waals surface area contributed by atoms with E-state index in [1.165, 1.54) is 26.5 Å². The quantitative estimate of drug-likeness (QED) is 0.443. The first-order chi connectivity index (χ1) is 10.5. The Kier molecular flexibility index (Phi) is 2.91. The number of ether oxygens (including phenoxy) is 2. The van der Waals surface area contributed by atoms with E-state index in [1.807, 2.05) is 0 Å². The topological polar surface area (TPSA) is 125 Å². The third kappa shape index (κ3) is 1.62. The summed E-state index contributed by atoms with van der Waals surface area (Å²) in [6, 6.07) is 1.53. The fourth-order valence-corrected chi connectivity index (χ4v) is 2.35. The Labute approximate surface area is 121 Å². The zero-order chi connectivity index (χ0) is 16.0. The van der Waals surface area contributed by atoms with Gasteiger partial charge in [-0.25, -0.2) is 4.79 Å². The molecule has 0 amide bonds. The molecule has 0 spiro atoms. The van der Waals surface area contributed by atoms with Crippen molar-refractivity contribution in [3.8, 4) is 17.2 Å². The van der Waals surface area contributed by atoms with E-state index in [0.29, 0.717) is 5.39 Å². The summed E-state index contributed by atoms with van der Waals surface area (Å²) in [6.07, 6.45) is 1.35. The zero-order valence-electron chi connectivity index (χ0n) is 11.4. The highest BCUT2D eigenvalue weighted by Crippen LogP contribution is 2.47. The van der Waals surface area contributed by atoms with Crippen LogP contribution >= 0.6 is 0 Å². The summed E-state index contributed by atoms with van der Waals surface area (Å²) < 4.78 is 20.6. The van der Waals surface area contributed by atoms with Gasteiger partial charge in [-0.05, 0) is 6.07 Å². The fourth-order valence-electron chi connectivity index (χ4n) is 2.35. The summed E-state index contributed by atoms with van der Waals surface area (Å²) in [7, 11) is 2.62. The Morgan fingerprint density at radius 3 is 2.50 bits per heavy atom. The van der Waals surface area contributed by atoms with E-state index in [4.69, 9.17) is 18.3 Å². The molecule has 0 radical (unpaired) electrons. The first-order valence-corrected chi connectivity index (χ1v) is 5.96. The van der Waals surface area contributed by atoms with Gasteiger partial charge < -0.3 is 23.4 Å². The molecule has 0 unspecified atom stereocenters. The number of fused-ring (bicyclic) bond motifs is 2. The van der Waals surface area contributed by atoms with Gasteiger partial charge in [0.15, 0.2) is 11.2 Å².